The highest BCUT2D eigenvalue weighted by Crippen LogP contribution is 1.74. The first-order valence-electron chi connectivity index (χ1n) is 2.55. The lowest BCUT2D eigenvalue weighted by molar-refractivity contribution is -0.147. The predicted octanol–water partition coefficient (Wildman–Crippen LogP) is 0.738. The molecular formula is C6H10O4. The summed E-state index contributed by atoms with van der Waals surface area (Å²) in [6.07, 6.45) is 0.944. The summed E-state index contributed by atoms with van der Waals surface area (Å²) in [4.78, 5) is 18.9. The minimum atomic E-state index is -1.31. The third kappa shape index (κ3) is 30.0. The van der Waals surface area contributed by atoms with E-state index in [9.17, 15) is 9.59 Å². The highest BCUT2D eigenvalue weighted by molar-refractivity contribution is 5.88. The van der Waals surface area contributed by atoms with Crippen LogP contribution >= 0.6 is 0 Å². The maximum absolute atomic E-state index is 9.43. The van der Waals surface area contributed by atoms with Crippen LogP contribution in [0.3, 0.4) is 0 Å². The Morgan fingerprint density at radius 3 is 1.60 bits per heavy atom. The summed E-state index contributed by atoms with van der Waals surface area (Å²) in [6.45, 7) is 5.25. The number of rotatable bonds is 2. The summed E-state index contributed by atoms with van der Waals surface area (Å²) in [6, 6.07) is 0. The second kappa shape index (κ2) is 7.68. The van der Waals surface area contributed by atoms with Crippen LogP contribution in [0, 0.1) is 0 Å². The molecular weight excluding hydrogens is 136 g/mol. The molecule has 0 rings (SSSR count). The molecule has 0 bridgehead atoms. The molecule has 4 nitrogen and oxygen atoms in total. The van der Waals surface area contributed by atoms with E-state index in [2.05, 4.69) is 6.58 Å². The van der Waals surface area contributed by atoms with Gasteiger partial charge in [-0.15, -0.1) is 6.58 Å². The lowest BCUT2D eigenvalue weighted by Crippen LogP contribution is -2.03. The number of hydrogen-bond acceptors (Lipinski definition) is 2. The van der Waals surface area contributed by atoms with Crippen LogP contribution < -0.4 is 0 Å². The number of allylic oxidation sites excluding steroid dienone is 1. The van der Waals surface area contributed by atoms with Gasteiger partial charge in [0.2, 0.25) is 0 Å². The van der Waals surface area contributed by atoms with Crippen LogP contribution in [0.15, 0.2) is 12.7 Å². The van der Waals surface area contributed by atoms with Gasteiger partial charge in [0, 0.05) is 0 Å². The molecule has 4 heteroatoms. The van der Waals surface area contributed by atoms with Gasteiger partial charge in [-0.05, 0) is 6.92 Å². The molecule has 0 aliphatic carbocycles. The molecule has 0 aromatic heterocycles. The number of carboxylic acid groups (broad SMARTS) is 2. The van der Waals surface area contributed by atoms with Crippen molar-refractivity contribution in [2.75, 3.05) is 0 Å². The molecule has 0 aromatic rings. The van der Waals surface area contributed by atoms with E-state index < -0.39 is 18.4 Å². The Labute approximate surface area is 58.8 Å². The van der Waals surface area contributed by atoms with Crippen molar-refractivity contribution in [2.24, 2.45) is 0 Å². The quantitative estimate of drug-likeness (QED) is 0.445. The van der Waals surface area contributed by atoms with Crippen LogP contribution in [0.4, 0.5) is 0 Å². The molecule has 0 saturated carbocycles. The molecule has 2 N–H and O–H groups in total. The molecule has 0 atom stereocenters. The first kappa shape index (κ1) is 11.5. The molecule has 0 unspecified atom stereocenters. The predicted molar refractivity (Wildman–Crippen MR) is 35.8 cm³/mol. The fourth-order valence-electron chi connectivity index (χ4n) is 0.129. The average molecular weight is 146 g/mol. The van der Waals surface area contributed by atoms with E-state index in [0.717, 1.165) is 0 Å². The van der Waals surface area contributed by atoms with Gasteiger partial charge in [-0.25, -0.2) is 0 Å². The van der Waals surface area contributed by atoms with Gasteiger partial charge in [-0.3, -0.25) is 9.59 Å². The molecule has 58 valence electrons. The van der Waals surface area contributed by atoms with Gasteiger partial charge in [0.1, 0.15) is 6.42 Å². The zero-order chi connectivity index (χ0) is 8.57. The average Bonchev–Trinajstić information content (AvgIpc) is 1.62. The Hall–Kier alpha value is -1.32. The molecule has 0 saturated heterocycles. The zero-order valence-electron chi connectivity index (χ0n) is 5.70. The zero-order valence-corrected chi connectivity index (χ0v) is 5.70. The minimum absolute atomic E-state index is 0.806. The topological polar surface area (TPSA) is 74.6 Å². The van der Waals surface area contributed by atoms with E-state index in [1.165, 1.54) is 0 Å². The van der Waals surface area contributed by atoms with Crippen molar-refractivity contribution in [3.63, 3.8) is 0 Å². The second-order valence-electron chi connectivity index (χ2n) is 1.37. The van der Waals surface area contributed by atoms with Crippen molar-refractivity contribution in [2.45, 2.75) is 13.3 Å². The molecule has 0 spiro atoms. The van der Waals surface area contributed by atoms with E-state index in [4.69, 9.17) is 10.2 Å². The van der Waals surface area contributed by atoms with Gasteiger partial charge < -0.3 is 10.2 Å². The van der Waals surface area contributed by atoms with Gasteiger partial charge in [0.25, 0.3) is 0 Å². The Bertz CT molecular complexity index is 116. The molecule has 0 aliphatic rings. The standard InChI is InChI=1S/C3H4O4.C3H6/c4-2(5)1-3(6)7;1-3-2/h1H2,(H,4,5)(H,6,7);3H,1H2,2H3. The molecule has 0 heterocycles. The Kier molecular flexibility index (Phi) is 8.81. The second-order valence-corrected chi connectivity index (χ2v) is 1.37. The van der Waals surface area contributed by atoms with E-state index >= 15 is 0 Å². The SMILES string of the molecule is C=CC.O=C(O)CC(=O)O. The highest BCUT2D eigenvalue weighted by Gasteiger charge is 2.01. The fraction of sp³-hybridized carbons (Fsp3) is 0.333. The lowest BCUT2D eigenvalue weighted by Gasteiger charge is -1.80. The van der Waals surface area contributed by atoms with Crippen molar-refractivity contribution in [1.82, 2.24) is 0 Å². The number of aliphatic carboxylic acids is 2. The van der Waals surface area contributed by atoms with Gasteiger partial charge >= 0.3 is 11.9 Å². The Balaban J connectivity index is 0. The third-order valence-corrected chi connectivity index (χ3v) is 0.302. The molecule has 0 radical (unpaired) electrons. The molecule has 0 fully saturated rings. The van der Waals surface area contributed by atoms with E-state index in [-0.39, 0.29) is 0 Å². The van der Waals surface area contributed by atoms with Gasteiger partial charge in [-0.2, -0.15) is 0 Å². The molecule has 0 aliphatic heterocycles. The van der Waals surface area contributed by atoms with Crippen molar-refractivity contribution in [3.8, 4) is 0 Å². The number of hydrogen-bond donors (Lipinski definition) is 2. The summed E-state index contributed by atoms with van der Waals surface area (Å²) in [5, 5.41) is 15.4. The van der Waals surface area contributed by atoms with Gasteiger partial charge in [-0.1, -0.05) is 6.08 Å². The first-order valence-corrected chi connectivity index (χ1v) is 2.55. The summed E-state index contributed by atoms with van der Waals surface area (Å²) < 4.78 is 0. The summed E-state index contributed by atoms with van der Waals surface area (Å²) >= 11 is 0. The van der Waals surface area contributed by atoms with Gasteiger partial charge in [0.05, 0.1) is 0 Å². The smallest absolute Gasteiger partial charge is 0.314 e. The van der Waals surface area contributed by atoms with Crippen LogP contribution in [-0.2, 0) is 9.59 Å². The van der Waals surface area contributed by atoms with E-state index in [0.29, 0.717) is 0 Å². The van der Waals surface area contributed by atoms with Crippen molar-refractivity contribution in [3.05, 3.63) is 12.7 Å². The van der Waals surface area contributed by atoms with Crippen LogP contribution in [-0.4, -0.2) is 22.2 Å². The molecule has 0 aromatic carbocycles. The van der Waals surface area contributed by atoms with Crippen molar-refractivity contribution in [1.29, 1.82) is 0 Å². The third-order valence-electron chi connectivity index (χ3n) is 0.302. The van der Waals surface area contributed by atoms with Crippen LogP contribution in [0.2, 0.25) is 0 Å². The summed E-state index contributed by atoms with van der Waals surface area (Å²) in [7, 11) is 0. The highest BCUT2D eigenvalue weighted by atomic mass is 16.4. The molecule has 10 heavy (non-hydrogen) atoms. The fourth-order valence-corrected chi connectivity index (χ4v) is 0.129. The van der Waals surface area contributed by atoms with Crippen molar-refractivity contribution < 1.29 is 19.8 Å². The summed E-state index contributed by atoms with van der Waals surface area (Å²) in [5.74, 6) is -2.62. The van der Waals surface area contributed by atoms with Gasteiger partial charge in [0.15, 0.2) is 0 Å². The van der Waals surface area contributed by atoms with Crippen molar-refractivity contribution >= 4 is 11.9 Å². The Morgan fingerprint density at radius 2 is 1.60 bits per heavy atom. The largest absolute Gasteiger partial charge is 0.481 e. The van der Waals surface area contributed by atoms with E-state index in [1.54, 1.807) is 6.08 Å². The Morgan fingerprint density at radius 1 is 1.40 bits per heavy atom. The maximum Gasteiger partial charge on any atom is 0.314 e. The maximum atomic E-state index is 9.43. The monoisotopic (exact) mass is 146 g/mol. The van der Waals surface area contributed by atoms with Crippen LogP contribution in [0.5, 0.6) is 0 Å². The summed E-state index contributed by atoms with van der Waals surface area (Å²) in [5.41, 5.74) is 0. The minimum Gasteiger partial charge on any atom is -0.481 e. The number of carboxylic acids is 2. The van der Waals surface area contributed by atoms with Crippen LogP contribution in [0.25, 0.3) is 0 Å². The van der Waals surface area contributed by atoms with Crippen LogP contribution in [0.1, 0.15) is 13.3 Å². The molecule has 0 amide bonds. The number of carbonyl (C=O) groups is 2. The normalized spacial score (nSPS) is 6.90. The first-order chi connectivity index (χ1) is 4.54. The van der Waals surface area contributed by atoms with E-state index in [1.807, 2.05) is 6.92 Å². The lowest BCUT2D eigenvalue weighted by atomic mass is 10.5.